The summed E-state index contributed by atoms with van der Waals surface area (Å²) < 4.78 is 5.37. The van der Waals surface area contributed by atoms with Crippen LogP contribution in [0.25, 0.3) is 0 Å². The summed E-state index contributed by atoms with van der Waals surface area (Å²) in [4.78, 5) is 0. The lowest BCUT2D eigenvalue weighted by Gasteiger charge is -2.09. The van der Waals surface area contributed by atoms with Gasteiger partial charge in [0.1, 0.15) is 5.03 Å². The molecule has 82 valence electrons. The molecule has 0 saturated carbocycles. The molecule has 1 rings (SSSR count). The van der Waals surface area contributed by atoms with Gasteiger partial charge in [0.15, 0.2) is 0 Å². The number of ether oxygens (including phenoxy) is 1. The van der Waals surface area contributed by atoms with Gasteiger partial charge in [0.25, 0.3) is 0 Å². The number of hydrogen-bond acceptors (Lipinski definition) is 4. The summed E-state index contributed by atoms with van der Waals surface area (Å²) in [6.45, 7) is 10.3. The summed E-state index contributed by atoms with van der Waals surface area (Å²) in [5.74, 6) is 1.49. The van der Waals surface area contributed by atoms with Gasteiger partial charge in [-0.2, -0.15) is 0 Å². The van der Waals surface area contributed by atoms with Gasteiger partial charge in [-0.3, -0.25) is 0 Å². The van der Waals surface area contributed by atoms with E-state index < -0.39 is 0 Å². The van der Waals surface area contributed by atoms with E-state index in [1.807, 2.05) is 26.8 Å². The standard InChI is InChI=1S/C11H16N2OS/c1-5-7-15-11-9(4)8(3)10(12-13-11)14-6-2/h5H,1,6-7H2,2-4H3. The molecule has 0 bridgehead atoms. The number of hydrogen-bond donors (Lipinski definition) is 0. The van der Waals surface area contributed by atoms with Crippen molar-refractivity contribution in [3.8, 4) is 5.88 Å². The van der Waals surface area contributed by atoms with E-state index in [4.69, 9.17) is 4.74 Å². The fourth-order valence-corrected chi connectivity index (χ4v) is 1.85. The molecule has 15 heavy (non-hydrogen) atoms. The van der Waals surface area contributed by atoms with Crippen LogP contribution in [0.2, 0.25) is 0 Å². The summed E-state index contributed by atoms with van der Waals surface area (Å²) in [5, 5.41) is 9.14. The van der Waals surface area contributed by atoms with Crippen LogP contribution in [0.15, 0.2) is 17.7 Å². The first-order valence-electron chi connectivity index (χ1n) is 4.91. The van der Waals surface area contributed by atoms with Crippen LogP contribution in [0.1, 0.15) is 18.1 Å². The monoisotopic (exact) mass is 224 g/mol. The second kappa shape index (κ2) is 5.75. The van der Waals surface area contributed by atoms with Gasteiger partial charge in [0, 0.05) is 11.3 Å². The van der Waals surface area contributed by atoms with Crippen molar-refractivity contribution in [1.29, 1.82) is 0 Å². The molecule has 0 fully saturated rings. The minimum absolute atomic E-state index is 0.619. The van der Waals surface area contributed by atoms with E-state index in [1.54, 1.807) is 11.8 Å². The van der Waals surface area contributed by atoms with Crippen LogP contribution >= 0.6 is 11.8 Å². The predicted molar refractivity (Wildman–Crippen MR) is 63.6 cm³/mol. The molecule has 0 aliphatic heterocycles. The molecule has 0 atom stereocenters. The molecular weight excluding hydrogens is 208 g/mol. The Kier molecular flexibility index (Phi) is 4.62. The number of aromatic nitrogens is 2. The van der Waals surface area contributed by atoms with Gasteiger partial charge in [-0.25, -0.2) is 0 Å². The highest BCUT2D eigenvalue weighted by Crippen LogP contribution is 2.26. The van der Waals surface area contributed by atoms with Crippen LogP contribution in [-0.2, 0) is 0 Å². The summed E-state index contributed by atoms with van der Waals surface area (Å²) in [5.41, 5.74) is 2.21. The van der Waals surface area contributed by atoms with Crippen molar-refractivity contribution in [1.82, 2.24) is 10.2 Å². The van der Waals surface area contributed by atoms with E-state index >= 15 is 0 Å². The smallest absolute Gasteiger partial charge is 0.236 e. The zero-order valence-electron chi connectivity index (χ0n) is 9.41. The van der Waals surface area contributed by atoms with Crippen molar-refractivity contribution >= 4 is 11.8 Å². The van der Waals surface area contributed by atoms with Crippen molar-refractivity contribution in [3.05, 3.63) is 23.8 Å². The van der Waals surface area contributed by atoms with Crippen molar-refractivity contribution in [2.45, 2.75) is 25.8 Å². The first-order valence-corrected chi connectivity index (χ1v) is 5.89. The zero-order valence-corrected chi connectivity index (χ0v) is 10.2. The van der Waals surface area contributed by atoms with Gasteiger partial charge in [-0.15, -0.1) is 28.5 Å². The Hall–Kier alpha value is -1.03. The number of thioether (sulfide) groups is 1. The Bertz CT molecular complexity index is 353. The van der Waals surface area contributed by atoms with Gasteiger partial charge >= 0.3 is 0 Å². The minimum Gasteiger partial charge on any atom is -0.477 e. The molecule has 1 heterocycles. The molecule has 0 saturated heterocycles. The number of rotatable bonds is 5. The lowest BCUT2D eigenvalue weighted by molar-refractivity contribution is 0.318. The third-order valence-corrected chi connectivity index (χ3v) is 3.12. The molecule has 0 aromatic carbocycles. The van der Waals surface area contributed by atoms with Gasteiger partial charge in [0.2, 0.25) is 5.88 Å². The van der Waals surface area contributed by atoms with Gasteiger partial charge < -0.3 is 4.74 Å². The van der Waals surface area contributed by atoms with E-state index in [9.17, 15) is 0 Å². The van der Waals surface area contributed by atoms with Crippen LogP contribution in [0, 0.1) is 13.8 Å². The topological polar surface area (TPSA) is 35.0 Å². The Labute approximate surface area is 94.9 Å². The second-order valence-corrected chi connectivity index (χ2v) is 4.10. The van der Waals surface area contributed by atoms with E-state index in [2.05, 4.69) is 16.8 Å². The van der Waals surface area contributed by atoms with E-state index in [1.165, 1.54) is 0 Å². The van der Waals surface area contributed by atoms with Crippen molar-refractivity contribution < 1.29 is 4.74 Å². The average molecular weight is 224 g/mol. The maximum absolute atomic E-state index is 5.37. The predicted octanol–water partition coefficient (Wildman–Crippen LogP) is 2.77. The molecular formula is C11H16N2OS. The highest BCUT2D eigenvalue weighted by atomic mass is 32.2. The van der Waals surface area contributed by atoms with E-state index in [0.29, 0.717) is 12.5 Å². The largest absolute Gasteiger partial charge is 0.477 e. The Morgan fingerprint density at radius 3 is 2.67 bits per heavy atom. The Morgan fingerprint density at radius 1 is 1.33 bits per heavy atom. The Balaban J connectivity index is 2.93. The quantitative estimate of drug-likeness (QED) is 0.569. The Morgan fingerprint density at radius 2 is 2.07 bits per heavy atom. The van der Waals surface area contributed by atoms with Gasteiger partial charge in [-0.05, 0) is 26.3 Å². The molecule has 4 heteroatoms. The average Bonchev–Trinajstić information content (AvgIpc) is 2.24. The summed E-state index contributed by atoms with van der Waals surface area (Å²) in [7, 11) is 0. The van der Waals surface area contributed by atoms with Crippen LogP contribution < -0.4 is 4.74 Å². The third-order valence-electron chi connectivity index (χ3n) is 2.05. The van der Waals surface area contributed by atoms with Crippen molar-refractivity contribution in [2.24, 2.45) is 0 Å². The van der Waals surface area contributed by atoms with Crippen LogP contribution in [0.4, 0.5) is 0 Å². The van der Waals surface area contributed by atoms with Crippen molar-refractivity contribution in [2.75, 3.05) is 12.4 Å². The maximum Gasteiger partial charge on any atom is 0.236 e. The highest BCUT2D eigenvalue weighted by Gasteiger charge is 2.09. The summed E-state index contributed by atoms with van der Waals surface area (Å²) in [6, 6.07) is 0. The maximum atomic E-state index is 5.37. The molecule has 0 unspecified atom stereocenters. The normalized spacial score (nSPS) is 10.1. The third kappa shape index (κ3) is 2.96. The van der Waals surface area contributed by atoms with Crippen molar-refractivity contribution in [3.63, 3.8) is 0 Å². The molecule has 1 aromatic heterocycles. The fourth-order valence-electron chi connectivity index (χ4n) is 1.11. The first kappa shape index (κ1) is 12.0. The van der Waals surface area contributed by atoms with Gasteiger partial charge in [-0.1, -0.05) is 6.08 Å². The minimum atomic E-state index is 0.619. The van der Waals surface area contributed by atoms with Crippen LogP contribution in [-0.4, -0.2) is 22.6 Å². The van der Waals surface area contributed by atoms with E-state index in [-0.39, 0.29) is 0 Å². The fraction of sp³-hybridized carbons (Fsp3) is 0.455. The molecule has 0 spiro atoms. The molecule has 3 nitrogen and oxygen atoms in total. The second-order valence-electron chi connectivity index (χ2n) is 3.09. The van der Waals surface area contributed by atoms with Crippen LogP contribution in [0.3, 0.4) is 0 Å². The molecule has 0 aliphatic rings. The molecule has 0 N–H and O–H groups in total. The van der Waals surface area contributed by atoms with Crippen LogP contribution in [0.5, 0.6) is 5.88 Å². The lowest BCUT2D eigenvalue weighted by atomic mass is 10.2. The summed E-state index contributed by atoms with van der Waals surface area (Å²) in [6.07, 6.45) is 1.86. The zero-order chi connectivity index (χ0) is 11.3. The molecule has 1 aromatic rings. The first-order chi connectivity index (χ1) is 7.20. The lowest BCUT2D eigenvalue weighted by Crippen LogP contribution is -2.02. The SMILES string of the molecule is C=CCSc1nnc(OCC)c(C)c1C. The van der Waals surface area contributed by atoms with Gasteiger partial charge in [0.05, 0.1) is 6.61 Å². The number of nitrogens with zero attached hydrogens (tertiary/aromatic N) is 2. The molecule has 0 radical (unpaired) electrons. The molecule has 0 aliphatic carbocycles. The highest BCUT2D eigenvalue weighted by molar-refractivity contribution is 7.99. The molecule has 0 amide bonds. The summed E-state index contributed by atoms with van der Waals surface area (Å²) >= 11 is 1.64. The van der Waals surface area contributed by atoms with E-state index in [0.717, 1.165) is 21.9 Å².